The van der Waals surface area contributed by atoms with Crippen molar-refractivity contribution < 1.29 is 9.57 Å². The second kappa shape index (κ2) is 4.44. The van der Waals surface area contributed by atoms with Gasteiger partial charge in [-0.15, -0.1) is 0 Å². The van der Waals surface area contributed by atoms with Crippen LogP contribution in [0.15, 0.2) is 18.2 Å². The maximum Gasteiger partial charge on any atom is 0.123 e. The molecule has 16 heavy (non-hydrogen) atoms. The van der Waals surface area contributed by atoms with Crippen LogP contribution in [0.25, 0.3) is 0 Å². The predicted octanol–water partition coefficient (Wildman–Crippen LogP) is 2.22. The number of hydrogen-bond donors (Lipinski definition) is 1. The standard InChI is InChI=1S/C13H19NO2/c1-13(2)7-5-11-9-10(6-8-15-14)3-4-12(11)16-13/h3-4,9H,5-8,14H2,1-2H3. The number of ether oxygens (including phenoxy) is 1. The normalized spacial score (nSPS) is 17.7. The molecule has 2 N–H and O–H groups in total. The molecular weight excluding hydrogens is 202 g/mol. The van der Waals surface area contributed by atoms with E-state index in [0.717, 1.165) is 25.0 Å². The number of fused-ring (bicyclic) bond motifs is 1. The van der Waals surface area contributed by atoms with Crippen molar-refractivity contribution in [1.29, 1.82) is 0 Å². The van der Waals surface area contributed by atoms with E-state index in [4.69, 9.17) is 10.6 Å². The molecule has 0 atom stereocenters. The third-order valence-corrected chi connectivity index (χ3v) is 3.02. The molecular formula is C13H19NO2. The van der Waals surface area contributed by atoms with Crippen molar-refractivity contribution in [3.63, 3.8) is 0 Å². The maximum absolute atomic E-state index is 5.92. The van der Waals surface area contributed by atoms with E-state index in [-0.39, 0.29) is 5.60 Å². The number of nitrogens with two attached hydrogens (primary N) is 1. The number of rotatable bonds is 3. The molecule has 0 amide bonds. The highest BCUT2D eigenvalue weighted by atomic mass is 16.6. The molecule has 2 rings (SSSR count). The number of hydrogen-bond acceptors (Lipinski definition) is 3. The lowest BCUT2D eigenvalue weighted by atomic mass is 9.93. The van der Waals surface area contributed by atoms with Crippen LogP contribution < -0.4 is 10.6 Å². The Balaban J connectivity index is 2.15. The molecule has 0 spiro atoms. The molecule has 1 aromatic rings. The summed E-state index contributed by atoms with van der Waals surface area (Å²) in [7, 11) is 0. The smallest absolute Gasteiger partial charge is 0.123 e. The molecule has 0 aliphatic carbocycles. The summed E-state index contributed by atoms with van der Waals surface area (Å²) in [5, 5.41) is 0. The molecule has 0 fully saturated rings. The van der Waals surface area contributed by atoms with Crippen molar-refractivity contribution in [3.8, 4) is 5.75 Å². The maximum atomic E-state index is 5.92. The highest BCUT2D eigenvalue weighted by Gasteiger charge is 2.26. The first-order valence-corrected chi connectivity index (χ1v) is 5.73. The van der Waals surface area contributed by atoms with Gasteiger partial charge in [-0.1, -0.05) is 12.1 Å². The summed E-state index contributed by atoms with van der Waals surface area (Å²) in [4.78, 5) is 4.59. The monoisotopic (exact) mass is 221 g/mol. The molecule has 0 radical (unpaired) electrons. The Bertz CT molecular complexity index is 374. The van der Waals surface area contributed by atoms with Crippen LogP contribution in [-0.4, -0.2) is 12.2 Å². The molecule has 88 valence electrons. The lowest BCUT2D eigenvalue weighted by molar-refractivity contribution is 0.0846. The molecule has 1 aromatic carbocycles. The van der Waals surface area contributed by atoms with Crippen LogP contribution in [-0.2, 0) is 17.7 Å². The fourth-order valence-electron chi connectivity index (χ4n) is 2.04. The van der Waals surface area contributed by atoms with Gasteiger partial charge in [0.15, 0.2) is 0 Å². The first-order valence-electron chi connectivity index (χ1n) is 5.73. The molecule has 0 saturated carbocycles. The topological polar surface area (TPSA) is 44.5 Å². The van der Waals surface area contributed by atoms with Crippen LogP contribution in [0.3, 0.4) is 0 Å². The largest absolute Gasteiger partial charge is 0.488 e. The molecule has 0 aromatic heterocycles. The van der Waals surface area contributed by atoms with Crippen LogP contribution in [0.2, 0.25) is 0 Å². The molecule has 0 unspecified atom stereocenters. The molecule has 1 aliphatic rings. The van der Waals surface area contributed by atoms with Gasteiger partial charge in [0.05, 0.1) is 6.61 Å². The lowest BCUT2D eigenvalue weighted by Crippen LogP contribution is -2.32. The van der Waals surface area contributed by atoms with Crippen molar-refractivity contribution in [3.05, 3.63) is 29.3 Å². The van der Waals surface area contributed by atoms with Gasteiger partial charge in [0, 0.05) is 0 Å². The highest BCUT2D eigenvalue weighted by Crippen LogP contribution is 2.33. The van der Waals surface area contributed by atoms with Crippen LogP contribution in [0.4, 0.5) is 0 Å². The zero-order valence-electron chi connectivity index (χ0n) is 9.95. The second-order valence-electron chi connectivity index (χ2n) is 4.92. The van der Waals surface area contributed by atoms with Crippen molar-refractivity contribution in [2.45, 2.75) is 38.7 Å². The highest BCUT2D eigenvalue weighted by molar-refractivity contribution is 5.39. The average molecular weight is 221 g/mol. The van der Waals surface area contributed by atoms with Gasteiger partial charge in [-0.3, -0.25) is 0 Å². The molecule has 3 heteroatoms. The minimum absolute atomic E-state index is 0.0329. The zero-order valence-corrected chi connectivity index (χ0v) is 9.95. The van der Waals surface area contributed by atoms with Crippen molar-refractivity contribution >= 4 is 0 Å². The molecule has 1 heterocycles. The molecule has 0 bridgehead atoms. The van der Waals surface area contributed by atoms with Crippen molar-refractivity contribution in [1.82, 2.24) is 0 Å². The molecule has 3 nitrogen and oxygen atoms in total. The van der Waals surface area contributed by atoms with Crippen LogP contribution in [0.5, 0.6) is 5.75 Å². The first-order chi connectivity index (χ1) is 7.61. The van der Waals surface area contributed by atoms with Gasteiger partial charge < -0.3 is 9.57 Å². The summed E-state index contributed by atoms with van der Waals surface area (Å²) in [5.41, 5.74) is 2.52. The average Bonchev–Trinajstić information content (AvgIpc) is 2.25. The van der Waals surface area contributed by atoms with Gasteiger partial charge in [0.25, 0.3) is 0 Å². The SMILES string of the molecule is CC1(C)CCc2cc(CCON)ccc2O1. The third kappa shape index (κ3) is 2.54. The van der Waals surface area contributed by atoms with Crippen LogP contribution >= 0.6 is 0 Å². The molecule has 1 aliphatic heterocycles. The van der Waals surface area contributed by atoms with Gasteiger partial charge in [0.1, 0.15) is 11.4 Å². The quantitative estimate of drug-likeness (QED) is 0.796. The van der Waals surface area contributed by atoms with E-state index >= 15 is 0 Å². The summed E-state index contributed by atoms with van der Waals surface area (Å²) >= 11 is 0. The van der Waals surface area contributed by atoms with E-state index in [1.54, 1.807) is 0 Å². The Morgan fingerprint density at radius 3 is 3.00 bits per heavy atom. The fourth-order valence-corrected chi connectivity index (χ4v) is 2.04. The Kier molecular flexibility index (Phi) is 3.17. The van der Waals surface area contributed by atoms with Gasteiger partial charge in [0.2, 0.25) is 0 Å². The summed E-state index contributed by atoms with van der Waals surface area (Å²) in [5.74, 6) is 6.05. The van der Waals surface area contributed by atoms with E-state index in [9.17, 15) is 0 Å². The first kappa shape index (κ1) is 11.4. The van der Waals surface area contributed by atoms with Crippen molar-refractivity contribution in [2.75, 3.05) is 6.61 Å². The number of benzene rings is 1. The summed E-state index contributed by atoms with van der Waals surface area (Å²) in [6.45, 7) is 4.82. The minimum Gasteiger partial charge on any atom is -0.488 e. The fraction of sp³-hybridized carbons (Fsp3) is 0.538. The Morgan fingerprint density at radius 1 is 1.44 bits per heavy atom. The van der Waals surface area contributed by atoms with Crippen molar-refractivity contribution in [2.24, 2.45) is 5.90 Å². The van der Waals surface area contributed by atoms with Crippen LogP contribution in [0.1, 0.15) is 31.4 Å². The van der Waals surface area contributed by atoms with Gasteiger partial charge >= 0.3 is 0 Å². The Labute approximate surface area is 96.5 Å². The second-order valence-corrected chi connectivity index (χ2v) is 4.92. The summed E-state index contributed by atoms with van der Waals surface area (Å²) in [6.07, 6.45) is 3.00. The van der Waals surface area contributed by atoms with E-state index < -0.39 is 0 Å². The van der Waals surface area contributed by atoms with Gasteiger partial charge in [-0.05, 0) is 50.3 Å². The summed E-state index contributed by atoms with van der Waals surface area (Å²) < 4.78 is 5.92. The third-order valence-electron chi connectivity index (χ3n) is 3.02. The van der Waals surface area contributed by atoms with E-state index in [1.807, 2.05) is 0 Å². The van der Waals surface area contributed by atoms with E-state index in [2.05, 4.69) is 36.9 Å². The van der Waals surface area contributed by atoms with Crippen LogP contribution in [0, 0.1) is 0 Å². The van der Waals surface area contributed by atoms with Gasteiger partial charge in [-0.25, -0.2) is 5.90 Å². The Morgan fingerprint density at radius 2 is 2.25 bits per heavy atom. The number of aryl methyl sites for hydroxylation is 1. The van der Waals surface area contributed by atoms with E-state index in [0.29, 0.717) is 6.61 Å². The van der Waals surface area contributed by atoms with E-state index in [1.165, 1.54) is 11.1 Å². The molecule has 0 saturated heterocycles. The summed E-state index contributed by atoms with van der Waals surface area (Å²) in [6, 6.07) is 6.34. The minimum atomic E-state index is -0.0329. The zero-order chi connectivity index (χ0) is 11.6. The van der Waals surface area contributed by atoms with Gasteiger partial charge in [-0.2, -0.15) is 0 Å². The predicted molar refractivity (Wildman–Crippen MR) is 63.3 cm³/mol. The Hall–Kier alpha value is -1.06. The lowest BCUT2D eigenvalue weighted by Gasteiger charge is -2.32.